The van der Waals surface area contributed by atoms with Gasteiger partial charge in [-0.2, -0.15) is 78.9 Å². The minimum atomic E-state index is -9.16. The Morgan fingerprint density at radius 1 is 0.648 bits per heavy atom. The number of halogens is 17. The smallest absolute Gasteiger partial charge is 0.460 e. The molecule has 28 nitrogen and oxygen atoms in total. The summed E-state index contributed by atoms with van der Waals surface area (Å²) in [6.45, 7) is 10.5. The van der Waals surface area contributed by atoms with Gasteiger partial charge in [-0.05, 0) is 126 Å². The largest absolute Gasteiger partial charge is 0.500 e. The van der Waals surface area contributed by atoms with Crippen molar-refractivity contribution in [3.63, 3.8) is 0 Å². The molecule has 0 bridgehead atoms. The Morgan fingerprint density at radius 3 is 1.52 bits per heavy atom. The molecule has 0 aliphatic carbocycles. The molecule has 0 saturated carbocycles. The molecule has 2 unspecified atom stereocenters. The van der Waals surface area contributed by atoms with Gasteiger partial charge in [-0.25, -0.2) is 18.0 Å². The summed E-state index contributed by atoms with van der Waals surface area (Å²) in [4.78, 5) is 108. The summed E-state index contributed by atoms with van der Waals surface area (Å²) in [5.41, 5.74) is 1.85. The number of rotatable bonds is 35. The number of hydrogen-bond donors (Lipinski definition) is 6. The summed E-state index contributed by atoms with van der Waals surface area (Å²) in [6.07, 6.45) is -23.6. The van der Waals surface area contributed by atoms with Crippen molar-refractivity contribution in [3.8, 4) is 5.75 Å². The number of carbonyl (C=O) groups is 7. The fourth-order valence-corrected chi connectivity index (χ4v) is 11.6. The highest BCUT2D eigenvalue weighted by Gasteiger charge is 2.96. The van der Waals surface area contributed by atoms with Gasteiger partial charge >= 0.3 is 82.8 Å². The number of nitrogens with one attached hydrogen (secondary N) is 2. The number of amides is 3. The second-order valence-electron chi connectivity index (χ2n) is 28.7. The fourth-order valence-electron chi connectivity index (χ4n) is 10.2. The molecule has 7 N–H and O–H groups in total. The van der Waals surface area contributed by atoms with Gasteiger partial charge in [0.25, 0.3) is 15.9 Å². The SMILES string of the molecule is CO[C@H]1O[C@H](C(O)=C=O)[C@@H](O)[C@H](O)[C@@H]1OC(=O)[C@H](CCCCNC(=O)COc1ccc(CC(CN(CC(=O)OC(C)(C)C)CC(=O)OC(C)(C)C)N(CC(=O)OC(C)(C)C)CC(=O)OC(C)(C)C)cc1)NC1CN(S(=O)(=O)C(F)(F)C(F)(F)C(F)(F)C(F)(F)C(F)(F)C(F)(F)C(F)(F)C(F)(F)F)CCN1C(N)=O. The van der Waals surface area contributed by atoms with Crippen LogP contribution in [0.25, 0.3) is 0 Å². The molecule has 2 aliphatic rings. The number of nitrogens with two attached hydrogens (primary N) is 1. The van der Waals surface area contributed by atoms with Crippen LogP contribution in [-0.2, 0) is 83.2 Å². The van der Waals surface area contributed by atoms with Gasteiger partial charge in [-0.1, -0.05) is 12.1 Å². The lowest BCUT2D eigenvalue weighted by atomic mass is 9.91. The highest BCUT2D eigenvalue weighted by Crippen LogP contribution is 2.64. The molecule has 108 heavy (non-hydrogen) atoms. The van der Waals surface area contributed by atoms with Gasteiger partial charge in [0.15, 0.2) is 31.0 Å². The number of methoxy groups -OCH3 is 1. The molecule has 620 valence electrons. The third kappa shape index (κ3) is 23.9. The lowest BCUT2D eigenvalue weighted by molar-refractivity contribution is -0.458. The van der Waals surface area contributed by atoms with E-state index in [9.17, 15) is 119 Å². The Morgan fingerprint density at radius 2 is 1.09 bits per heavy atom. The first-order valence-corrected chi connectivity index (χ1v) is 33.7. The highest BCUT2D eigenvalue weighted by molar-refractivity contribution is 7.90. The van der Waals surface area contributed by atoms with E-state index in [4.69, 9.17) is 43.6 Å². The van der Waals surface area contributed by atoms with E-state index in [1.165, 1.54) is 34.1 Å². The van der Waals surface area contributed by atoms with Gasteiger partial charge in [0.05, 0.1) is 32.3 Å². The second-order valence-corrected chi connectivity index (χ2v) is 30.7. The molecule has 2 saturated heterocycles. The van der Waals surface area contributed by atoms with Crippen LogP contribution < -0.4 is 21.1 Å². The van der Waals surface area contributed by atoms with Crippen molar-refractivity contribution in [2.45, 2.75) is 227 Å². The second kappa shape index (κ2) is 35.4. The number of hydrogen-bond acceptors (Lipinski definition) is 24. The number of aliphatic hydroxyl groups is 3. The number of nitrogens with zero attached hydrogens (tertiary/aromatic N) is 4. The number of piperazine rings is 1. The van der Waals surface area contributed by atoms with E-state index in [2.05, 4.69) is 10.6 Å². The predicted octanol–water partition coefficient (Wildman–Crippen LogP) is 5.79. The highest BCUT2D eigenvalue weighted by atomic mass is 32.2. The lowest BCUT2D eigenvalue weighted by Gasteiger charge is -2.45. The molecule has 2 fully saturated rings. The van der Waals surface area contributed by atoms with Crippen LogP contribution >= 0.6 is 0 Å². The zero-order valence-corrected chi connectivity index (χ0v) is 61.0. The maximum Gasteiger partial charge on any atom is 0.460 e. The third-order valence-corrected chi connectivity index (χ3v) is 17.0. The molecule has 0 radical (unpaired) electrons. The molecule has 0 aromatic heterocycles. The van der Waals surface area contributed by atoms with Crippen LogP contribution in [0.15, 0.2) is 30.0 Å². The van der Waals surface area contributed by atoms with E-state index >= 15 is 17.6 Å². The molecule has 3 rings (SSSR count). The van der Waals surface area contributed by atoms with E-state index in [1.807, 2.05) is 0 Å². The van der Waals surface area contributed by atoms with Crippen molar-refractivity contribution >= 4 is 57.7 Å². The zero-order chi connectivity index (χ0) is 83.7. The number of esters is 5. The molecular weight excluding hydrogens is 1530 g/mol. The monoisotopic (exact) mass is 1620 g/mol. The van der Waals surface area contributed by atoms with Crippen molar-refractivity contribution in [1.29, 1.82) is 0 Å². The summed E-state index contributed by atoms with van der Waals surface area (Å²) in [5, 5.41) is 28.0. The molecule has 3 amide bonds. The number of benzene rings is 1. The van der Waals surface area contributed by atoms with Crippen LogP contribution in [0.4, 0.5) is 79.4 Å². The molecular formula is C62H86F17N7O21S. The summed E-state index contributed by atoms with van der Waals surface area (Å²) < 4.78 is 311. The van der Waals surface area contributed by atoms with E-state index in [0.717, 1.165) is 13.1 Å². The van der Waals surface area contributed by atoms with Gasteiger partial charge in [-0.15, -0.1) is 0 Å². The Kier molecular flexibility index (Phi) is 31.2. The lowest BCUT2D eigenvalue weighted by Crippen LogP contribution is -2.75. The first kappa shape index (κ1) is 95.0. The van der Waals surface area contributed by atoms with E-state index in [1.54, 1.807) is 83.1 Å². The average Bonchev–Trinajstić information content (AvgIpc) is 0.689. The van der Waals surface area contributed by atoms with Crippen molar-refractivity contribution in [2.24, 2.45) is 5.73 Å². The molecule has 2 aliphatic heterocycles. The minimum Gasteiger partial charge on any atom is -0.500 e. The zero-order valence-electron chi connectivity index (χ0n) is 60.2. The maximum atomic E-state index is 15.6. The van der Waals surface area contributed by atoms with Gasteiger partial charge in [0, 0.05) is 45.9 Å². The normalized spacial score (nSPS) is 20.1. The topological polar surface area (TPSA) is 368 Å². The molecule has 0 spiro atoms. The number of carbonyl (C=O) groups excluding carboxylic acids is 8. The fraction of sp³-hybridized carbons (Fsp3) is 0.758. The molecule has 8 atom stereocenters. The van der Waals surface area contributed by atoms with Crippen LogP contribution in [-0.4, -0.2) is 281 Å². The first-order valence-electron chi connectivity index (χ1n) is 32.2. The van der Waals surface area contributed by atoms with E-state index < -0.39 is 252 Å². The molecule has 1 aromatic rings. The standard InChI is InChI=1S/C62H86F17N7O21S/c1-51(2,3)104-40(90)27-83(28-41(91)105-52(4,5)6)25-34(84(29-42(92)106-53(7,8)9)30-43(93)107-54(10,11)12)24-33-17-19-35(20-18-33)101-32-39(89)81-21-15-14-16-36(48(96)102-47-45(95)44(94)46(37(88)31-87)103-49(47)100-13)82-38-26-85(22-23-86(38)50(80)97)108(98,99)62(78,79)60(73,74)58(69,70)56(65,66)55(63,64)57(67,68)59(71,72)61(75,76)77/h17-20,34,36,38,44-47,49,82,88,94-95H,14-16,21-30,32H2,1-13H3,(H2,80,97)(H,81,89)/t34?,36-,38?,44-,45-,46+,47-,49-/m0/s1. The van der Waals surface area contributed by atoms with Crippen LogP contribution in [0, 0.1) is 0 Å². The van der Waals surface area contributed by atoms with Crippen molar-refractivity contribution < 1.29 is 175 Å². The first-order chi connectivity index (χ1) is 48.7. The van der Waals surface area contributed by atoms with Crippen molar-refractivity contribution in [2.75, 3.05) is 72.6 Å². The summed E-state index contributed by atoms with van der Waals surface area (Å²) >= 11 is 0. The van der Waals surface area contributed by atoms with Gasteiger partial charge < -0.3 is 69.2 Å². The summed E-state index contributed by atoms with van der Waals surface area (Å²) in [7, 11) is -7.21. The average molecular weight is 1620 g/mol. The number of urea groups is 1. The molecule has 46 heteroatoms. The van der Waals surface area contributed by atoms with Gasteiger partial charge in [-0.3, -0.25) is 43.9 Å². The summed E-state index contributed by atoms with van der Waals surface area (Å²) in [6, 6.07) is 0.855. The number of sulfonamides is 1. The Labute approximate surface area is 607 Å². The van der Waals surface area contributed by atoms with Crippen LogP contribution in [0.3, 0.4) is 0 Å². The Balaban J connectivity index is 1.99. The number of primary amides is 1. The van der Waals surface area contributed by atoms with Crippen LogP contribution in [0.1, 0.15) is 108 Å². The number of unbranched alkanes of at least 4 members (excludes halogenated alkanes) is 1. The van der Waals surface area contributed by atoms with Gasteiger partial charge in [0.2, 0.25) is 5.76 Å². The van der Waals surface area contributed by atoms with E-state index in [0.29, 0.717) is 5.56 Å². The van der Waals surface area contributed by atoms with E-state index in [-0.39, 0.29) is 30.0 Å². The molecule has 1 aromatic carbocycles. The number of alkyl halides is 17. The predicted molar refractivity (Wildman–Crippen MR) is 335 cm³/mol. The van der Waals surface area contributed by atoms with Gasteiger partial charge in [0.1, 0.15) is 46.4 Å². The van der Waals surface area contributed by atoms with Crippen molar-refractivity contribution in [1.82, 2.24) is 29.6 Å². The maximum absolute atomic E-state index is 15.6. The third-order valence-electron chi connectivity index (χ3n) is 15.1. The summed E-state index contributed by atoms with van der Waals surface area (Å²) in [5.74, 6) is -59.6. The van der Waals surface area contributed by atoms with Crippen LogP contribution in [0.5, 0.6) is 5.75 Å². The Hall–Kier alpha value is -7.20. The van der Waals surface area contributed by atoms with Crippen LogP contribution in [0.2, 0.25) is 0 Å². The van der Waals surface area contributed by atoms with Crippen molar-refractivity contribution in [3.05, 3.63) is 35.6 Å². The number of ether oxygens (including phenoxy) is 8. The number of aliphatic hydroxyl groups excluding tert-OH is 3. The minimum absolute atomic E-state index is 0.0398. The Bertz CT molecular complexity index is 3400. The quantitative estimate of drug-likeness (QED) is 0.0117. The molecule has 2 heterocycles.